The Hall–Kier alpha value is -1.49. The fraction of sp³-hybridized carbons (Fsp3) is 0.500. The third-order valence-electron chi connectivity index (χ3n) is 4.07. The summed E-state index contributed by atoms with van der Waals surface area (Å²) in [5.41, 5.74) is 1.78. The second-order valence-corrected chi connectivity index (χ2v) is 6.48. The van der Waals surface area contributed by atoms with Gasteiger partial charge in [0.25, 0.3) is 0 Å². The average Bonchev–Trinajstić information content (AvgIpc) is 2.95. The number of benzene rings is 1. The van der Waals surface area contributed by atoms with Gasteiger partial charge in [-0.3, -0.25) is 4.99 Å². The van der Waals surface area contributed by atoms with E-state index < -0.39 is 0 Å². The maximum atomic E-state index is 11.4. The normalized spacial score (nSPS) is 24.0. The fourth-order valence-corrected chi connectivity index (χ4v) is 3.81. The molecule has 112 valence electrons. The van der Waals surface area contributed by atoms with Crippen molar-refractivity contribution in [2.45, 2.75) is 43.5 Å². The van der Waals surface area contributed by atoms with Crippen molar-refractivity contribution < 1.29 is 9.53 Å². The van der Waals surface area contributed by atoms with Gasteiger partial charge >= 0.3 is 5.97 Å². The number of carbonyl (C=O) groups excluding carboxylic acids is 1. The average molecular weight is 304 g/mol. The first kappa shape index (κ1) is 14.4. The smallest absolute Gasteiger partial charge is 0.337 e. The van der Waals surface area contributed by atoms with Crippen molar-refractivity contribution in [1.29, 1.82) is 0 Å². The second-order valence-electron chi connectivity index (χ2n) is 5.51. The van der Waals surface area contributed by atoms with Gasteiger partial charge in [0.15, 0.2) is 5.17 Å². The number of amidine groups is 1. The summed E-state index contributed by atoms with van der Waals surface area (Å²) in [4.78, 5) is 16.2. The van der Waals surface area contributed by atoms with Crippen molar-refractivity contribution in [2.75, 3.05) is 7.11 Å². The molecule has 1 aliphatic heterocycles. The molecule has 2 unspecified atom stereocenters. The summed E-state index contributed by atoms with van der Waals surface area (Å²) in [6.07, 6.45) is 5.08. The Kier molecular flexibility index (Phi) is 4.48. The Bertz CT molecular complexity index is 542. The number of hydrogen-bond acceptors (Lipinski definition) is 5. The van der Waals surface area contributed by atoms with Crippen molar-refractivity contribution in [3.05, 3.63) is 35.4 Å². The Labute approximate surface area is 129 Å². The maximum absolute atomic E-state index is 11.4. The van der Waals surface area contributed by atoms with E-state index in [2.05, 4.69) is 5.32 Å². The number of ether oxygens (including phenoxy) is 1. The zero-order valence-electron chi connectivity index (χ0n) is 12.2. The highest BCUT2D eigenvalue weighted by Gasteiger charge is 2.30. The molecule has 0 aromatic heterocycles. The predicted octanol–water partition coefficient (Wildman–Crippen LogP) is 2.98. The van der Waals surface area contributed by atoms with Crippen LogP contribution in [0, 0.1) is 0 Å². The molecule has 1 aromatic carbocycles. The van der Waals surface area contributed by atoms with Crippen LogP contribution in [0.15, 0.2) is 29.3 Å². The minimum absolute atomic E-state index is 0.292. The lowest BCUT2D eigenvalue weighted by atomic mass is 9.92. The van der Waals surface area contributed by atoms with Gasteiger partial charge in [0.05, 0.1) is 24.8 Å². The van der Waals surface area contributed by atoms with Gasteiger partial charge in [-0.25, -0.2) is 4.79 Å². The number of nitrogens with one attached hydrogen (secondary N) is 1. The molecule has 1 saturated carbocycles. The van der Waals surface area contributed by atoms with Crippen molar-refractivity contribution in [3.8, 4) is 0 Å². The lowest BCUT2D eigenvalue weighted by Gasteiger charge is -2.23. The molecule has 1 aromatic rings. The molecule has 0 radical (unpaired) electrons. The molecule has 1 fully saturated rings. The summed E-state index contributed by atoms with van der Waals surface area (Å²) < 4.78 is 4.70. The largest absolute Gasteiger partial charge is 0.465 e. The quantitative estimate of drug-likeness (QED) is 0.872. The topological polar surface area (TPSA) is 50.7 Å². The van der Waals surface area contributed by atoms with E-state index in [0.717, 1.165) is 10.9 Å². The monoisotopic (exact) mass is 304 g/mol. The molecule has 2 atom stereocenters. The van der Waals surface area contributed by atoms with Crippen molar-refractivity contribution in [3.63, 3.8) is 0 Å². The van der Waals surface area contributed by atoms with E-state index in [-0.39, 0.29) is 5.97 Å². The van der Waals surface area contributed by atoms with Crippen LogP contribution in [0.25, 0.3) is 0 Å². The van der Waals surface area contributed by atoms with Crippen LogP contribution in [0.1, 0.15) is 41.6 Å². The van der Waals surface area contributed by atoms with E-state index in [1.807, 2.05) is 24.3 Å². The van der Waals surface area contributed by atoms with Crippen LogP contribution in [0.3, 0.4) is 0 Å². The molecule has 3 rings (SSSR count). The molecule has 5 heteroatoms. The molecule has 21 heavy (non-hydrogen) atoms. The Morgan fingerprint density at radius 3 is 2.81 bits per heavy atom. The number of carbonyl (C=O) groups is 1. The van der Waals surface area contributed by atoms with Gasteiger partial charge in [-0.15, -0.1) is 0 Å². The third-order valence-corrected chi connectivity index (χ3v) is 5.05. The van der Waals surface area contributed by atoms with E-state index in [0.29, 0.717) is 17.6 Å². The lowest BCUT2D eigenvalue weighted by Crippen LogP contribution is -2.36. The number of rotatable bonds is 3. The van der Waals surface area contributed by atoms with E-state index in [9.17, 15) is 4.79 Å². The van der Waals surface area contributed by atoms with Crippen LogP contribution in [0.2, 0.25) is 0 Å². The summed E-state index contributed by atoms with van der Waals surface area (Å²) in [6, 6.07) is 8.62. The molecule has 0 bridgehead atoms. The molecular weight excluding hydrogens is 284 g/mol. The highest BCUT2D eigenvalue weighted by Crippen LogP contribution is 2.28. The number of aliphatic imine (C=N–C) groups is 1. The van der Waals surface area contributed by atoms with Crippen LogP contribution in [0.4, 0.5) is 0 Å². The minimum atomic E-state index is -0.292. The van der Waals surface area contributed by atoms with Crippen molar-refractivity contribution in [1.82, 2.24) is 5.32 Å². The van der Waals surface area contributed by atoms with Crippen molar-refractivity contribution >= 4 is 22.9 Å². The van der Waals surface area contributed by atoms with Crippen LogP contribution >= 0.6 is 11.8 Å². The SMILES string of the molecule is COC(=O)c1ccc(CSC2=NC3CCCCC3N2)cc1. The fourth-order valence-electron chi connectivity index (χ4n) is 2.87. The molecule has 1 aliphatic carbocycles. The maximum Gasteiger partial charge on any atom is 0.337 e. The number of thioether (sulfide) groups is 1. The number of esters is 1. The van der Waals surface area contributed by atoms with Crippen LogP contribution in [-0.4, -0.2) is 30.3 Å². The van der Waals surface area contributed by atoms with Gasteiger partial charge in [0, 0.05) is 5.75 Å². The van der Waals surface area contributed by atoms with Crippen LogP contribution in [0.5, 0.6) is 0 Å². The number of fused-ring (bicyclic) bond motifs is 1. The first-order valence-electron chi connectivity index (χ1n) is 7.40. The summed E-state index contributed by atoms with van der Waals surface area (Å²) in [5, 5.41) is 4.61. The number of nitrogens with zero attached hydrogens (tertiary/aromatic N) is 1. The summed E-state index contributed by atoms with van der Waals surface area (Å²) >= 11 is 1.75. The molecule has 1 heterocycles. The summed E-state index contributed by atoms with van der Waals surface area (Å²) in [7, 11) is 1.40. The third kappa shape index (κ3) is 3.40. The molecule has 1 N–H and O–H groups in total. The van der Waals surface area contributed by atoms with Gasteiger partial charge in [0.1, 0.15) is 0 Å². The van der Waals surface area contributed by atoms with E-state index in [1.54, 1.807) is 11.8 Å². The predicted molar refractivity (Wildman–Crippen MR) is 85.7 cm³/mol. The van der Waals surface area contributed by atoms with E-state index in [4.69, 9.17) is 9.73 Å². The molecule has 2 aliphatic rings. The van der Waals surface area contributed by atoms with Crippen LogP contribution in [-0.2, 0) is 10.5 Å². The zero-order chi connectivity index (χ0) is 14.7. The molecule has 0 spiro atoms. The Balaban J connectivity index is 1.54. The van der Waals surface area contributed by atoms with Crippen molar-refractivity contribution in [2.24, 2.45) is 4.99 Å². The van der Waals surface area contributed by atoms with Gasteiger partial charge in [-0.05, 0) is 30.5 Å². The lowest BCUT2D eigenvalue weighted by molar-refractivity contribution is 0.0600. The number of methoxy groups -OCH3 is 1. The molecule has 0 saturated heterocycles. The van der Waals surface area contributed by atoms with Gasteiger partial charge in [0.2, 0.25) is 0 Å². The highest BCUT2D eigenvalue weighted by atomic mass is 32.2. The Morgan fingerprint density at radius 1 is 1.33 bits per heavy atom. The van der Waals surface area contributed by atoms with E-state index >= 15 is 0 Å². The Morgan fingerprint density at radius 2 is 2.10 bits per heavy atom. The van der Waals surface area contributed by atoms with Gasteiger partial charge in [-0.2, -0.15) is 0 Å². The molecule has 0 amide bonds. The summed E-state index contributed by atoms with van der Waals surface area (Å²) in [6.45, 7) is 0. The first-order chi connectivity index (χ1) is 10.3. The molecular formula is C16H20N2O2S. The zero-order valence-corrected chi connectivity index (χ0v) is 13.0. The number of hydrogen-bond donors (Lipinski definition) is 1. The molecule has 4 nitrogen and oxygen atoms in total. The van der Waals surface area contributed by atoms with E-state index in [1.165, 1.54) is 38.4 Å². The first-order valence-corrected chi connectivity index (χ1v) is 8.39. The summed E-state index contributed by atoms with van der Waals surface area (Å²) in [5.74, 6) is 0.576. The van der Waals surface area contributed by atoms with Crippen LogP contribution < -0.4 is 5.32 Å². The van der Waals surface area contributed by atoms with Gasteiger partial charge in [-0.1, -0.05) is 36.7 Å². The second kappa shape index (κ2) is 6.52. The standard InChI is InChI=1S/C16H20N2O2S/c1-20-15(19)12-8-6-11(7-9-12)10-21-16-17-13-4-2-3-5-14(13)18-16/h6-9,13-14H,2-5,10H2,1H3,(H,17,18). The highest BCUT2D eigenvalue weighted by molar-refractivity contribution is 8.13. The van der Waals surface area contributed by atoms with Gasteiger partial charge < -0.3 is 10.1 Å². The minimum Gasteiger partial charge on any atom is -0.465 e.